The van der Waals surface area contributed by atoms with Gasteiger partial charge in [-0.25, -0.2) is 4.39 Å². The minimum Gasteiger partial charge on any atom is -0.357 e. The molecule has 4 saturated carbocycles. The van der Waals surface area contributed by atoms with Gasteiger partial charge in [0.15, 0.2) is 12.6 Å². The number of fused-ring (bicyclic) bond motifs is 7. The molecule has 10 atom stereocenters. The fraction of sp³-hybridized carbons (Fsp3) is 0.853. The van der Waals surface area contributed by atoms with Gasteiger partial charge in [0.2, 0.25) is 11.8 Å². The van der Waals surface area contributed by atoms with Crippen molar-refractivity contribution in [1.82, 2.24) is 10.6 Å². The van der Waals surface area contributed by atoms with Crippen LogP contribution in [0.5, 0.6) is 0 Å². The van der Waals surface area contributed by atoms with Crippen LogP contribution >= 0.6 is 0 Å². The normalized spacial score (nSPS) is 47.8. The molecule has 0 radical (unpaired) electrons. The van der Waals surface area contributed by atoms with Crippen molar-refractivity contribution < 1.29 is 24.9 Å². The molecule has 0 spiro atoms. The molecule has 0 saturated heterocycles. The molecular formula is C34H53FN2O4. The lowest BCUT2D eigenvalue weighted by atomic mass is 9.33. The summed E-state index contributed by atoms with van der Waals surface area (Å²) >= 11 is 0. The predicted molar refractivity (Wildman–Crippen MR) is 157 cm³/mol. The Balaban J connectivity index is 1.50. The van der Waals surface area contributed by atoms with Crippen LogP contribution in [-0.2, 0) is 19.1 Å². The number of hydrogen-bond acceptors (Lipinski definition) is 4. The lowest BCUT2D eigenvalue weighted by Crippen LogP contribution is -2.66. The van der Waals surface area contributed by atoms with Crippen LogP contribution in [0.3, 0.4) is 0 Å². The first-order chi connectivity index (χ1) is 19.4. The summed E-state index contributed by atoms with van der Waals surface area (Å²) in [6.07, 6.45) is 9.72. The van der Waals surface area contributed by atoms with E-state index in [0.717, 1.165) is 51.4 Å². The Bertz CT molecular complexity index is 1190. The van der Waals surface area contributed by atoms with Gasteiger partial charge >= 0.3 is 0 Å². The van der Waals surface area contributed by atoms with E-state index in [0.29, 0.717) is 6.42 Å². The standard InChI is InChI=1S/C34H53FN2O4/c1-21(38)37-20-41-26-10-11-32(6)25(29(26,2)3)9-12-34(8)27(32)24(39)17-22-23-18-31(5,28(40)36-19-35)14-13-30(23,4)15-16-33(22,34)7/h17,23,25-27H,9-16,18-20H2,1-8H3,(H,36,40)(H,37,38)/t23-,25?,26-,27+,30+,31-,32-,33+,34+/m0/s1/i20T/t20?,23-,25?,26-,27+,30+,31-,32-,33+,34+. The molecule has 5 rings (SSSR count). The number of amides is 2. The maximum absolute atomic E-state index is 14.5. The summed E-state index contributed by atoms with van der Waals surface area (Å²) in [5.74, 6) is -0.0204. The zero-order valence-electron chi connectivity index (χ0n) is 27.5. The highest BCUT2D eigenvalue weighted by molar-refractivity contribution is 5.95. The highest BCUT2D eigenvalue weighted by atomic mass is 19.1. The van der Waals surface area contributed by atoms with Gasteiger partial charge in [0.25, 0.3) is 0 Å². The number of nitrogens with one attached hydrogen (secondary N) is 2. The predicted octanol–water partition coefficient (Wildman–Crippen LogP) is 6.49. The Labute approximate surface area is 247 Å². The Morgan fingerprint density at radius 1 is 1.00 bits per heavy atom. The molecule has 6 nitrogen and oxygen atoms in total. The number of alkyl halides is 1. The molecule has 2 N–H and O–H groups in total. The maximum atomic E-state index is 14.5. The maximum Gasteiger partial charge on any atom is 0.227 e. The Morgan fingerprint density at radius 3 is 2.34 bits per heavy atom. The van der Waals surface area contributed by atoms with Crippen LogP contribution in [0.1, 0.15) is 115 Å². The second kappa shape index (κ2) is 9.89. The molecule has 0 aromatic carbocycles. The van der Waals surface area contributed by atoms with Crippen molar-refractivity contribution in [2.45, 2.75) is 119 Å². The summed E-state index contributed by atoms with van der Waals surface area (Å²) in [5, 5.41) is 4.99. The zero-order chi connectivity index (χ0) is 31.1. The molecule has 230 valence electrons. The monoisotopic (exact) mass is 574 g/mol. The number of ketones is 1. The van der Waals surface area contributed by atoms with Gasteiger partial charge in [-0.15, -0.1) is 0 Å². The van der Waals surface area contributed by atoms with Crippen molar-refractivity contribution in [3.05, 3.63) is 11.6 Å². The molecule has 7 heteroatoms. The number of carbonyl (C=O) groups excluding carboxylic acids is 3. The van der Waals surface area contributed by atoms with Gasteiger partial charge in [0.1, 0.15) is 6.71 Å². The molecular weight excluding hydrogens is 519 g/mol. The van der Waals surface area contributed by atoms with E-state index < -0.39 is 18.9 Å². The van der Waals surface area contributed by atoms with E-state index >= 15 is 0 Å². The smallest absolute Gasteiger partial charge is 0.227 e. The van der Waals surface area contributed by atoms with Crippen molar-refractivity contribution in [3.63, 3.8) is 0 Å². The molecule has 2 amide bonds. The van der Waals surface area contributed by atoms with Crippen LogP contribution in [0.25, 0.3) is 0 Å². The third kappa shape index (κ3) is 4.37. The Hall–Kier alpha value is -1.76. The molecule has 4 fully saturated rings. The lowest BCUT2D eigenvalue weighted by Gasteiger charge is -2.70. The molecule has 0 aromatic rings. The number of carbonyl (C=O) groups is 3. The summed E-state index contributed by atoms with van der Waals surface area (Å²) in [6, 6.07) is 0. The Kier molecular flexibility index (Phi) is 7.07. The summed E-state index contributed by atoms with van der Waals surface area (Å²) in [4.78, 5) is 39.1. The van der Waals surface area contributed by atoms with E-state index in [1.165, 1.54) is 12.5 Å². The van der Waals surface area contributed by atoms with Crippen molar-refractivity contribution >= 4 is 17.6 Å². The minimum absolute atomic E-state index is 0.0313. The SMILES string of the molecule is [3H]C(NC(C)=O)O[C@H]1CC[C@@]2(C)C(CC[C@]3(C)[C@@H]2C(=O)C=C2[C@@H]4C[C@@](C)(C(=O)NCF)CC[C@]4(C)CC[C@]23C)C1(C)C. The fourth-order valence-corrected chi connectivity index (χ4v) is 11.1. The van der Waals surface area contributed by atoms with E-state index in [1.807, 2.05) is 13.0 Å². The van der Waals surface area contributed by atoms with Gasteiger partial charge < -0.3 is 15.4 Å². The van der Waals surface area contributed by atoms with Crippen LogP contribution in [0.15, 0.2) is 11.6 Å². The second-order valence-electron chi connectivity index (χ2n) is 16.2. The first-order valence-corrected chi connectivity index (χ1v) is 15.8. The van der Waals surface area contributed by atoms with Crippen LogP contribution in [0, 0.1) is 50.2 Å². The summed E-state index contributed by atoms with van der Waals surface area (Å²) < 4.78 is 27.5. The lowest BCUT2D eigenvalue weighted by molar-refractivity contribution is -0.210. The van der Waals surface area contributed by atoms with E-state index in [4.69, 9.17) is 6.11 Å². The van der Waals surface area contributed by atoms with Gasteiger partial charge in [-0.3, -0.25) is 14.4 Å². The number of ether oxygens (including phenoxy) is 1. The quantitative estimate of drug-likeness (QED) is 0.290. The van der Waals surface area contributed by atoms with Crippen LogP contribution < -0.4 is 10.6 Å². The number of hydrogen-bond donors (Lipinski definition) is 2. The summed E-state index contributed by atoms with van der Waals surface area (Å²) in [7, 11) is 0. The van der Waals surface area contributed by atoms with Gasteiger partial charge in [0, 0.05) is 18.3 Å². The molecule has 0 aromatic heterocycles. The van der Waals surface area contributed by atoms with Gasteiger partial charge in [-0.1, -0.05) is 54.0 Å². The summed E-state index contributed by atoms with van der Waals surface area (Å²) in [6.45, 7) is 15.3. The van der Waals surface area contributed by atoms with Crippen molar-refractivity contribution in [1.29, 1.82) is 0 Å². The highest BCUT2D eigenvalue weighted by Crippen LogP contribution is 2.75. The molecule has 2 unspecified atom stereocenters. The molecule has 41 heavy (non-hydrogen) atoms. The van der Waals surface area contributed by atoms with E-state index in [-0.39, 0.29) is 68.5 Å². The highest BCUT2D eigenvalue weighted by Gasteiger charge is 2.70. The fourth-order valence-electron chi connectivity index (χ4n) is 11.1. The van der Waals surface area contributed by atoms with Crippen molar-refractivity contribution in [3.8, 4) is 0 Å². The average Bonchev–Trinajstić information content (AvgIpc) is 2.87. The number of allylic oxidation sites excluding steroid dienone is 2. The van der Waals surface area contributed by atoms with E-state index in [2.05, 4.69) is 52.2 Å². The van der Waals surface area contributed by atoms with Crippen molar-refractivity contribution in [2.24, 2.45) is 50.2 Å². The molecule has 5 aliphatic carbocycles. The van der Waals surface area contributed by atoms with Crippen molar-refractivity contribution in [2.75, 3.05) is 13.5 Å². The van der Waals surface area contributed by atoms with Crippen LogP contribution in [0.2, 0.25) is 0 Å². The molecule has 0 heterocycles. The van der Waals surface area contributed by atoms with Gasteiger partial charge in [-0.05, 0) is 103 Å². The molecule has 0 bridgehead atoms. The second-order valence-corrected chi connectivity index (χ2v) is 16.2. The van der Waals surface area contributed by atoms with Gasteiger partial charge in [0.05, 0.1) is 7.47 Å². The van der Waals surface area contributed by atoms with Crippen LogP contribution in [-0.4, -0.2) is 37.2 Å². The van der Waals surface area contributed by atoms with E-state index in [1.54, 1.807) is 0 Å². The number of halogens is 1. The first kappa shape index (κ1) is 29.3. The van der Waals surface area contributed by atoms with E-state index in [9.17, 15) is 18.8 Å². The largest absolute Gasteiger partial charge is 0.357 e. The number of rotatable bonds is 5. The average molecular weight is 575 g/mol. The topological polar surface area (TPSA) is 84.5 Å². The molecule has 5 aliphatic rings. The zero-order valence-corrected chi connectivity index (χ0v) is 26.5. The third-order valence-electron chi connectivity index (χ3n) is 13.8. The van der Waals surface area contributed by atoms with Crippen LogP contribution in [0.4, 0.5) is 4.39 Å². The Morgan fingerprint density at radius 2 is 1.68 bits per heavy atom. The summed E-state index contributed by atoms with van der Waals surface area (Å²) in [5.41, 5.74) is -0.227. The molecule has 0 aliphatic heterocycles. The first-order valence-electron chi connectivity index (χ1n) is 16.4. The minimum atomic E-state index is -1.10. The third-order valence-corrected chi connectivity index (χ3v) is 13.8. The van der Waals surface area contributed by atoms with Gasteiger partial charge in [-0.2, -0.15) is 0 Å².